The Hall–Kier alpha value is -2.38. The molecule has 1 atom stereocenters. The number of methoxy groups -OCH3 is 1. The number of anilines is 1. The summed E-state index contributed by atoms with van der Waals surface area (Å²) in [5.74, 6) is 0.696. The summed E-state index contributed by atoms with van der Waals surface area (Å²) in [5, 5.41) is 3.30. The third-order valence-electron chi connectivity index (χ3n) is 5.19. The lowest BCUT2D eigenvalue weighted by molar-refractivity contribution is -0.116. The summed E-state index contributed by atoms with van der Waals surface area (Å²) in [5.41, 5.74) is 0.630. The summed E-state index contributed by atoms with van der Waals surface area (Å²) in [6.45, 7) is 2.84. The van der Waals surface area contributed by atoms with Crippen LogP contribution in [0.3, 0.4) is 0 Å². The highest BCUT2D eigenvalue weighted by molar-refractivity contribution is 7.15. The van der Waals surface area contributed by atoms with E-state index in [1.807, 2.05) is 4.90 Å². The standard InChI is InChI=1S/C22H25ClN2O4S/c1-14(26)19-8-9-20(30-19)22(28)25-11-3-4-15(13-25)5-10-21(27)24-16-6-7-18(29-2)17(23)12-16/h6-9,12,15H,3-5,10-11,13H2,1-2H3,(H,24,27). The number of nitrogens with zero attached hydrogens (tertiary/aromatic N) is 1. The van der Waals surface area contributed by atoms with Gasteiger partial charge in [-0.1, -0.05) is 11.6 Å². The van der Waals surface area contributed by atoms with Crippen molar-refractivity contribution in [3.05, 3.63) is 45.1 Å². The molecule has 6 nitrogen and oxygen atoms in total. The van der Waals surface area contributed by atoms with Crippen LogP contribution in [-0.4, -0.2) is 42.7 Å². The number of hydrogen-bond donors (Lipinski definition) is 1. The van der Waals surface area contributed by atoms with Crippen molar-refractivity contribution >= 4 is 46.2 Å². The van der Waals surface area contributed by atoms with E-state index in [9.17, 15) is 14.4 Å². The second-order valence-corrected chi connectivity index (χ2v) is 8.91. The maximum Gasteiger partial charge on any atom is 0.263 e. The molecular weight excluding hydrogens is 424 g/mol. The smallest absolute Gasteiger partial charge is 0.263 e. The van der Waals surface area contributed by atoms with Gasteiger partial charge in [-0.25, -0.2) is 0 Å². The van der Waals surface area contributed by atoms with Crippen LogP contribution >= 0.6 is 22.9 Å². The molecule has 0 radical (unpaired) electrons. The molecule has 3 rings (SSSR count). The van der Waals surface area contributed by atoms with E-state index in [2.05, 4.69) is 5.32 Å². The Balaban J connectivity index is 1.50. The maximum absolute atomic E-state index is 12.8. The van der Waals surface area contributed by atoms with Gasteiger partial charge in [0.15, 0.2) is 5.78 Å². The van der Waals surface area contributed by atoms with Crippen LogP contribution in [0.2, 0.25) is 5.02 Å². The average molecular weight is 449 g/mol. The summed E-state index contributed by atoms with van der Waals surface area (Å²) in [4.78, 5) is 39.6. The summed E-state index contributed by atoms with van der Waals surface area (Å²) >= 11 is 7.34. The first-order chi connectivity index (χ1) is 14.4. The Morgan fingerprint density at radius 3 is 2.67 bits per heavy atom. The highest BCUT2D eigenvalue weighted by Gasteiger charge is 2.26. The number of Topliss-reactive ketones (excluding diaryl/α,β-unsaturated/α-hetero) is 1. The molecule has 1 aliphatic heterocycles. The molecule has 1 aromatic heterocycles. The molecular formula is C22H25ClN2O4S. The SMILES string of the molecule is COc1ccc(NC(=O)CCC2CCCN(C(=O)c3ccc(C(C)=O)s3)C2)cc1Cl. The van der Waals surface area contributed by atoms with Crippen molar-refractivity contribution in [1.29, 1.82) is 0 Å². The van der Waals surface area contributed by atoms with Gasteiger partial charge in [0.1, 0.15) is 5.75 Å². The van der Waals surface area contributed by atoms with Crippen LogP contribution in [0.4, 0.5) is 5.69 Å². The molecule has 1 saturated heterocycles. The molecule has 2 aromatic rings. The van der Waals surface area contributed by atoms with Gasteiger partial charge in [0.05, 0.1) is 21.9 Å². The number of thiophene rings is 1. The molecule has 2 heterocycles. The number of halogens is 1. The summed E-state index contributed by atoms with van der Waals surface area (Å²) in [6.07, 6.45) is 3.00. The minimum absolute atomic E-state index is 0.0280. The van der Waals surface area contributed by atoms with E-state index in [0.717, 1.165) is 12.8 Å². The van der Waals surface area contributed by atoms with E-state index in [1.165, 1.54) is 18.3 Å². The summed E-state index contributed by atoms with van der Waals surface area (Å²) in [7, 11) is 1.54. The normalized spacial score (nSPS) is 16.2. The first-order valence-electron chi connectivity index (χ1n) is 9.91. The first kappa shape index (κ1) is 22.3. The number of piperidine rings is 1. The number of likely N-dealkylation sites (tertiary alicyclic amines) is 1. The Labute approximate surface area is 185 Å². The molecule has 2 amide bonds. The third kappa shape index (κ3) is 5.61. The first-order valence-corrected chi connectivity index (χ1v) is 11.1. The van der Waals surface area contributed by atoms with Crippen molar-refractivity contribution in [3.8, 4) is 5.75 Å². The molecule has 0 bridgehead atoms. The van der Waals surface area contributed by atoms with Crippen molar-refractivity contribution in [2.45, 2.75) is 32.6 Å². The van der Waals surface area contributed by atoms with Crippen LogP contribution in [0, 0.1) is 5.92 Å². The molecule has 160 valence electrons. The van der Waals surface area contributed by atoms with Gasteiger partial charge in [0.25, 0.3) is 5.91 Å². The van der Waals surface area contributed by atoms with Gasteiger partial charge in [0.2, 0.25) is 5.91 Å². The van der Waals surface area contributed by atoms with Gasteiger partial charge in [0, 0.05) is 25.2 Å². The second kappa shape index (κ2) is 10.1. The molecule has 1 unspecified atom stereocenters. The largest absolute Gasteiger partial charge is 0.495 e. The summed E-state index contributed by atoms with van der Waals surface area (Å²) in [6, 6.07) is 8.55. The molecule has 0 spiro atoms. The van der Waals surface area contributed by atoms with Crippen LogP contribution in [0.1, 0.15) is 52.0 Å². The fourth-order valence-electron chi connectivity index (χ4n) is 3.59. The Morgan fingerprint density at radius 1 is 1.23 bits per heavy atom. The highest BCUT2D eigenvalue weighted by Crippen LogP contribution is 2.28. The lowest BCUT2D eigenvalue weighted by Gasteiger charge is -2.32. The zero-order valence-electron chi connectivity index (χ0n) is 17.1. The molecule has 0 saturated carbocycles. The molecule has 1 fully saturated rings. The Morgan fingerprint density at radius 2 is 2.00 bits per heavy atom. The lowest BCUT2D eigenvalue weighted by Crippen LogP contribution is -2.39. The van der Waals surface area contributed by atoms with Crippen LogP contribution in [0.25, 0.3) is 0 Å². The van der Waals surface area contributed by atoms with Crippen molar-refractivity contribution in [2.24, 2.45) is 5.92 Å². The number of nitrogens with one attached hydrogen (secondary N) is 1. The van der Waals surface area contributed by atoms with E-state index in [1.54, 1.807) is 37.4 Å². The maximum atomic E-state index is 12.8. The second-order valence-electron chi connectivity index (χ2n) is 7.42. The van der Waals surface area contributed by atoms with E-state index >= 15 is 0 Å². The third-order valence-corrected chi connectivity index (χ3v) is 6.65. The number of hydrogen-bond acceptors (Lipinski definition) is 5. The van der Waals surface area contributed by atoms with E-state index < -0.39 is 0 Å². The van der Waals surface area contributed by atoms with Crippen LogP contribution < -0.4 is 10.1 Å². The molecule has 1 aliphatic rings. The van der Waals surface area contributed by atoms with Crippen LogP contribution in [0.5, 0.6) is 5.75 Å². The number of carbonyl (C=O) groups excluding carboxylic acids is 3. The number of rotatable bonds is 7. The Bertz CT molecular complexity index is 943. The Kier molecular flexibility index (Phi) is 7.50. The fraction of sp³-hybridized carbons (Fsp3) is 0.409. The molecule has 8 heteroatoms. The van der Waals surface area contributed by atoms with Gasteiger partial charge >= 0.3 is 0 Å². The van der Waals surface area contributed by atoms with E-state index in [-0.39, 0.29) is 23.5 Å². The van der Waals surface area contributed by atoms with Gasteiger partial charge in [-0.05, 0) is 62.4 Å². The monoisotopic (exact) mass is 448 g/mol. The number of carbonyl (C=O) groups is 3. The van der Waals surface area contributed by atoms with Crippen molar-refractivity contribution in [1.82, 2.24) is 4.90 Å². The van der Waals surface area contributed by atoms with Gasteiger partial charge < -0.3 is 15.0 Å². The topological polar surface area (TPSA) is 75.7 Å². The van der Waals surface area contributed by atoms with Gasteiger partial charge in [-0.3, -0.25) is 14.4 Å². The number of benzene rings is 1. The quantitative estimate of drug-likeness (QED) is 0.612. The number of amides is 2. The van der Waals surface area contributed by atoms with E-state index in [4.69, 9.17) is 16.3 Å². The zero-order chi connectivity index (χ0) is 21.7. The average Bonchev–Trinajstić information content (AvgIpc) is 3.23. The summed E-state index contributed by atoms with van der Waals surface area (Å²) < 4.78 is 5.11. The highest BCUT2D eigenvalue weighted by atomic mass is 35.5. The van der Waals surface area contributed by atoms with Crippen molar-refractivity contribution < 1.29 is 19.1 Å². The predicted octanol–water partition coefficient (Wildman–Crippen LogP) is 4.88. The minimum Gasteiger partial charge on any atom is -0.495 e. The molecule has 0 aliphatic carbocycles. The molecule has 1 aromatic carbocycles. The van der Waals surface area contributed by atoms with Gasteiger partial charge in [-0.2, -0.15) is 0 Å². The zero-order valence-corrected chi connectivity index (χ0v) is 18.6. The number of ketones is 1. The lowest BCUT2D eigenvalue weighted by atomic mass is 9.93. The van der Waals surface area contributed by atoms with Crippen LogP contribution in [0.15, 0.2) is 30.3 Å². The molecule has 30 heavy (non-hydrogen) atoms. The van der Waals surface area contributed by atoms with Crippen molar-refractivity contribution in [2.75, 3.05) is 25.5 Å². The minimum atomic E-state index is -0.0796. The van der Waals surface area contributed by atoms with E-state index in [0.29, 0.717) is 52.1 Å². The fourth-order valence-corrected chi connectivity index (χ4v) is 4.71. The number of ether oxygens (including phenoxy) is 1. The van der Waals surface area contributed by atoms with Crippen LogP contribution in [-0.2, 0) is 4.79 Å². The molecule has 1 N–H and O–H groups in total. The van der Waals surface area contributed by atoms with Gasteiger partial charge in [-0.15, -0.1) is 11.3 Å². The predicted molar refractivity (Wildman–Crippen MR) is 119 cm³/mol. The van der Waals surface area contributed by atoms with Crippen molar-refractivity contribution in [3.63, 3.8) is 0 Å².